The van der Waals surface area contributed by atoms with Gasteiger partial charge in [-0.25, -0.2) is 0 Å². The minimum atomic E-state index is -0.480. The Bertz CT molecular complexity index is 1400. The van der Waals surface area contributed by atoms with Crippen LogP contribution >= 0.6 is 0 Å². The predicted molar refractivity (Wildman–Crippen MR) is 146 cm³/mol. The third-order valence-electron chi connectivity index (χ3n) is 5.96. The first-order chi connectivity index (χ1) is 18.8. The normalized spacial score (nSPS) is 14.6. The number of ketones is 1. The number of Topliss-reactive ketones (excluding diaryl/α,β-unsaturated/α-hetero) is 1. The van der Waals surface area contributed by atoms with Crippen molar-refractivity contribution in [2.24, 2.45) is 0 Å². The molecule has 3 aromatic rings. The molecule has 0 spiro atoms. The number of rotatable bonds is 8. The number of carbonyl (C=O) groups excluding carboxylic acids is 1. The molecule has 0 bridgehead atoms. The Morgan fingerprint density at radius 2 is 0.974 bits per heavy atom. The molecule has 1 aliphatic heterocycles. The van der Waals surface area contributed by atoms with Gasteiger partial charge in [0, 0.05) is 0 Å². The van der Waals surface area contributed by atoms with Crippen LogP contribution in [0.4, 0.5) is 0 Å². The van der Waals surface area contributed by atoms with Crippen LogP contribution in [0.5, 0.6) is 46.0 Å². The SMILES string of the molecule is COc1cc(C=C2Oc3ccc(C)cc3OC(=Cc3cc(OC)c(OC)c(OC)c3)C2=O)cc(OC)c1OC. The van der Waals surface area contributed by atoms with Gasteiger partial charge in [-0.3, -0.25) is 4.79 Å². The predicted octanol–water partition coefficient (Wildman–Crippen LogP) is 5.47. The van der Waals surface area contributed by atoms with Crippen LogP contribution in [-0.4, -0.2) is 48.4 Å². The third kappa shape index (κ3) is 5.57. The van der Waals surface area contributed by atoms with E-state index in [-0.39, 0.29) is 11.5 Å². The van der Waals surface area contributed by atoms with Gasteiger partial charge in [0.1, 0.15) is 0 Å². The quantitative estimate of drug-likeness (QED) is 0.349. The van der Waals surface area contributed by atoms with Crippen molar-refractivity contribution >= 4 is 17.9 Å². The number of methoxy groups -OCH3 is 6. The number of hydrogen-bond acceptors (Lipinski definition) is 9. The number of ether oxygens (including phenoxy) is 8. The summed E-state index contributed by atoms with van der Waals surface area (Å²) in [5, 5.41) is 0. The molecule has 9 heteroatoms. The van der Waals surface area contributed by atoms with E-state index in [1.165, 1.54) is 42.7 Å². The van der Waals surface area contributed by atoms with E-state index < -0.39 is 5.78 Å². The van der Waals surface area contributed by atoms with Crippen LogP contribution in [0.2, 0.25) is 0 Å². The van der Waals surface area contributed by atoms with Gasteiger partial charge in [-0.2, -0.15) is 0 Å². The van der Waals surface area contributed by atoms with E-state index in [1.807, 2.05) is 13.0 Å². The molecule has 0 amide bonds. The second-order valence-corrected chi connectivity index (χ2v) is 8.42. The summed E-state index contributed by atoms with van der Waals surface area (Å²) in [5.41, 5.74) is 2.13. The molecule has 0 unspecified atom stereocenters. The van der Waals surface area contributed by atoms with Crippen molar-refractivity contribution in [2.75, 3.05) is 42.7 Å². The van der Waals surface area contributed by atoms with Crippen molar-refractivity contribution in [3.8, 4) is 46.0 Å². The maximum Gasteiger partial charge on any atom is 0.263 e. The lowest BCUT2D eigenvalue weighted by atomic mass is 10.1. The number of fused-ring (bicyclic) bond motifs is 1. The Balaban J connectivity index is 1.88. The average Bonchev–Trinajstić information content (AvgIpc) is 3.07. The van der Waals surface area contributed by atoms with Gasteiger partial charge >= 0.3 is 0 Å². The zero-order valence-corrected chi connectivity index (χ0v) is 22.9. The molecule has 0 aromatic heterocycles. The van der Waals surface area contributed by atoms with E-state index in [0.717, 1.165) is 5.56 Å². The Morgan fingerprint density at radius 1 is 0.564 bits per heavy atom. The highest BCUT2D eigenvalue weighted by Crippen LogP contribution is 2.42. The van der Waals surface area contributed by atoms with Gasteiger partial charge in [0.25, 0.3) is 5.78 Å². The zero-order valence-electron chi connectivity index (χ0n) is 22.9. The van der Waals surface area contributed by atoms with Crippen LogP contribution < -0.4 is 37.9 Å². The molecule has 204 valence electrons. The number of hydrogen-bond donors (Lipinski definition) is 0. The van der Waals surface area contributed by atoms with Gasteiger partial charge in [-0.05, 0) is 72.2 Å². The summed E-state index contributed by atoms with van der Waals surface area (Å²) in [5.74, 6) is 2.98. The van der Waals surface area contributed by atoms with Crippen molar-refractivity contribution in [3.05, 3.63) is 70.7 Å². The molecule has 3 aromatic carbocycles. The number of benzene rings is 3. The largest absolute Gasteiger partial charge is 0.493 e. The first kappa shape index (κ1) is 27.3. The summed E-state index contributed by atoms with van der Waals surface area (Å²) in [4.78, 5) is 13.8. The van der Waals surface area contributed by atoms with Crippen LogP contribution in [0.1, 0.15) is 16.7 Å². The van der Waals surface area contributed by atoms with Crippen LogP contribution in [0.15, 0.2) is 54.0 Å². The molecule has 4 rings (SSSR count). The number of aryl methyl sites for hydroxylation is 1. The van der Waals surface area contributed by atoms with Gasteiger partial charge in [0.2, 0.25) is 11.5 Å². The minimum Gasteiger partial charge on any atom is -0.493 e. The molecule has 0 radical (unpaired) electrons. The van der Waals surface area contributed by atoms with E-state index in [2.05, 4.69) is 0 Å². The molecule has 39 heavy (non-hydrogen) atoms. The summed E-state index contributed by atoms with van der Waals surface area (Å²) >= 11 is 0. The van der Waals surface area contributed by atoms with Crippen molar-refractivity contribution in [1.29, 1.82) is 0 Å². The fourth-order valence-corrected chi connectivity index (χ4v) is 4.09. The fraction of sp³-hybridized carbons (Fsp3) is 0.233. The lowest BCUT2D eigenvalue weighted by Gasteiger charge is -2.14. The summed E-state index contributed by atoms with van der Waals surface area (Å²) < 4.78 is 44.9. The molecule has 1 aliphatic rings. The maximum absolute atomic E-state index is 13.8. The van der Waals surface area contributed by atoms with Crippen LogP contribution in [0.25, 0.3) is 12.2 Å². The molecule has 0 N–H and O–H groups in total. The van der Waals surface area contributed by atoms with Gasteiger partial charge in [0.15, 0.2) is 46.0 Å². The number of carbonyl (C=O) groups is 1. The van der Waals surface area contributed by atoms with Gasteiger partial charge in [-0.1, -0.05) is 6.07 Å². The lowest BCUT2D eigenvalue weighted by Crippen LogP contribution is -2.12. The van der Waals surface area contributed by atoms with Crippen LogP contribution in [0.3, 0.4) is 0 Å². The molecule has 0 fully saturated rings. The third-order valence-corrected chi connectivity index (χ3v) is 5.96. The minimum absolute atomic E-state index is 0.0329. The highest BCUT2D eigenvalue weighted by molar-refractivity contribution is 6.11. The van der Waals surface area contributed by atoms with E-state index in [1.54, 1.807) is 48.6 Å². The Morgan fingerprint density at radius 3 is 1.36 bits per heavy atom. The summed E-state index contributed by atoms with van der Waals surface area (Å²) in [6, 6.07) is 12.3. The monoisotopic (exact) mass is 534 g/mol. The van der Waals surface area contributed by atoms with Crippen molar-refractivity contribution in [1.82, 2.24) is 0 Å². The lowest BCUT2D eigenvalue weighted by molar-refractivity contribution is -0.115. The second kappa shape index (κ2) is 11.7. The average molecular weight is 535 g/mol. The molecular weight excluding hydrogens is 504 g/mol. The van der Waals surface area contributed by atoms with Crippen LogP contribution in [-0.2, 0) is 4.79 Å². The highest BCUT2D eigenvalue weighted by Gasteiger charge is 2.27. The molecule has 1 heterocycles. The molecular formula is C30H30O9. The van der Waals surface area contributed by atoms with Gasteiger partial charge in [0.05, 0.1) is 42.7 Å². The Kier molecular flexibility index (Phi) is 8.19. The topological polar surface area (TPSA) is 90.9 Å². The first-order valence-corrected chi connectivity index (χ1v) is 11.9. The van der Waals surface area contributed by atoms with Crippen LogP contribution in [0, 0.1) is 6.92 Å². The van der Waals surface area contributed by atoms with Crippen molar-refractivity contribution < 1.29 is 42.7 Å². The van der Waals surface area contributed by atoms with Gasteiger partial charge < -0.3 is 37.9 Å². The molecule has 0 aliphatic carbocycles. The first-order valence-electron chi connectivity index (χ1n) is 11.9. The second-order valence-electron chi connectivity index (χ2n) is 8.42. The molecule has 0 saturated carbocycles. The Labute approximate surface area is 227 Å². The van der Waals surface area contributed by atoms with E-state index in [4.69, 9.17) is 37.9 Å². The van der Waals surface area contributed by atoms with Crippen molar-refractivity contribution in [3.63, 3.8) is 0 Å². The highest BCUT2D eigenvalue weighted by atomic mass is 16.5. The van der Waals surface area contributed by atoms with Crippen molar-refractivity contribution in [2.45, 2.75) is 6.92 Å². The van der Waals surface area contributed by atoms with Gasteiger partial charge in [-0.15, -0.1) is 0 Å². The summed E-state index contributed by atoms with van der Waals surface area (Å²) in [6.07, 6.45) is 3.19. The smallest absolute Gasteiger partial charge is 0.263 e. The standard InChI is InChI=1S/C30H30O9/c1-17-8-9-20-21(10-17)39-23(12-19-15-26(34-4)30(37-7)27(16-19)35-5)28(31)22(38-20)11-18-13-24(32-2)29(36-6)25(14-18)33-3/h8-16H,1-7H3. The Hall–Kier alpha value is -4.79. The molecule has 0 atom stereocenters. The molecule has 9 nitrogen and oxygen atoms in total. The molecule has 0 saturated heterocycles. The van der Waals surface area contributed by atoms with E-state index >= 15 is 0 Å². The van der Waals surface area contributed by atoms with E-state index in [0.29, 0.717) is 57.1 Å². The van der Waals surface area contributed by atoms with E-state index in [9.17, 15) is 4.79 Å². The summed E-state index contributed by atoms with van der Waals surface area (Å²) in [7, 11) is 9.12. The maximum atomic E-state index is 13.8. The zero-order chi connectivity index (χ0) is 28.1. The summed E-state index contributed by atoms with van der Waals surface area (Å²) in [6.45, 7) is 1.92. The fourth-order valence-electron chi connectivity index (χ4n) is 4.09.